The lowest BCUT2D eigenvalue weighted by Crippen LogP contribution is -1.96. The van der Waals surface area contributed by atoms with Crippen molar-refractivity contribution in [3.05, 3.63) is 45.9 Å². The number of nitrogens with one attached hydrogen (secondary N) is 1. The molecule has 0 saturated carbocycles. The largest absolute Gasteiger partial charge is 0.506 e. The van der Waals surface area contributed by atoms with Gasteiger partial charge in [-0.2, -0.15) is 0 Å². The number of phenols is 1. The first-order valence-corrected chi connectivity index (χ1v) is 7.25. The van der Waals surface area contributed by atoms with E-state index in [-0.39, 0.29) is 5.75 Å². The lowest BCUT2D eigenvalue weighted by molar-refractivity contribution is -0.105. The standard InChI is InChI=1S/C13H9BrClNO2S/c14-9-6-8(15)4-5-11(9)19-12-3-1-2-10(18)13(12)16-7-17/h1-7,18H,(H,16,17). The molecular weight excluding hydrogens is 350 g/mol. The third kappa shape index (κ3) is 3.43. The smallest absolute Gasteiger partial charge is 0.211 e. The molecule has 0 heterocycles. The number of amides is 1. The number of aromatic hydroxyl groups is 1. The Balaban J connectivity index is 2.37. The number of benzene rings is 2. The van der Waals surface area contributed by atoms with E-state index in [1.165, 1.54) is 17.8 Å². The van der Waals surface area contributed by atoms with Crippen LogP contribution >= 0.6 is 39.3 Å². The summed E-state index contributed by atoms with van der Waals surface area (Å²) in [5, 5.41) is 12.9. The summed E-state index contributed by atoms with van der Waals surface area (Å²) in [4.78, 5) is 12.3. The number of rotatable bonds is 4. The van der Waals surface area contributed by atoms with Crippen LogP contribution in [0, 0.1) is 0 Å². The number of hydrogen-bond donors (Lipinski definition) is 2. The molecule has 98 valence electrons. The second-order valence-electron chi connectivity index (χ2n) is 3.59. The Morgan fingerprint density at radius 2 is 2.05 bits per heavy atom. The van der Waals surface area contributed by atoms with Crippen LogP contribution in [0.3, 0.4) is 0 Å². The molecule has 6 heteroatoms. The minimum Gasteiger partial charge on any atom is -0.506 e. The molecule has 0 saturated heterocycles. The average Bonchev–Trinajstić information content (AvgIpc) is 2.37. The number of para-hydroxylation sites is 1. The van der Waals surface area contributed by atoms with Crippen LogP contribution < -0.4 is 5.32 Å². The lowest BCUT2D eigenvalue weighted by Gasteiger charge is -2.10. The van der Waals surface area contributed by atoms with Crippen molar-refractivity contribution in [2.24, 2.45) is 0 Å². The molecule has 2 aromatic rings. The maximum atomic E-state index is 10.6. The molecule has 0 spiro atoms. The van der Waals surface area contributed by atoms with Gasteiger partial charge in [-0.15, -0.1) is 0 Å². The van der Waals surface area contributed by atoms with E-state index >= 15 is 0 Å². The zero-order chi connectivity index (χ0) is 13.8. The summed E-state index contributed by atoms with van der Waals surface area (Å²) in [5.41, 5.74) is 0.393. The van der Waals surface area contributed by atoms with Gasteiger partial charge in [0.2, 0.25) is 6.41 Å². The highest BCUT2D eigenvalue weighted by Crippen LogP contribution is 2.41. The molecule has 0 aromatic heterocycles. The number of carbonyl (C=O) groups excluding carboxylic acids is 1. The van der Waals surface area contributed by atoms with Crippen molar-refractivity contribution >= 4 is 51.4 Å². The van der Waals surface area contributed by atoms with Gasteiger partial charge in [0.1, 0.15) is 5.75 Å². The topological polar surface area (TPSA) is 49.3 Å². The summed E-state index contributed by atoms with van der Waals surface area (Å²) < 4.78 is 0.852. The molecular formula is C13H9BrClNO2S. The molecule has 2 N–H and O–H groups in total. The normalized spacial score (nSPS) is 10.2. The van der Waals surface area contributed by atoms with E-state index in [9.17, 15) is 9.90 Å². The van der Waals surface area contributed by atoms with Crippen molar-refractivity contribution in [1.29, 1.82) is 0 Å². The molecule has 19 heavy (non-hydrogen) atoms. The SMILES string of the molecule is O=CNc1c(O)cccc1Sc1ccc(Cl)cc1Br. The summed E-state index contributed by atoms with van der Waals surface area (Å²) in [6.45, 7) is 0. The van der Waals surface area contributed by atoms with E-state index in [4.69, 9.17) is 11.6 Å². The van der Waals surface area contributed by atoms with Gasteiger partial charge in [-0.25, -0.2) is 0 Å². The van der Waals surface area contributed by atoms with Gasteiger partial charge < -0.3 is 10.4 Å². The Morgan fingerprint density at radius 1 is 1.26 bits per heavy atom. The minimum absolute atomic E-state index is 0.0298. The molecule has 0 unspecified atom stereocenters. The average molecular weight is 359 g/mol. The number of halogens is 2. The molecule has 0 radical (unpaired) electrons. The Kier molecular flexibility index (Phi) is 4.74. The van der Waals surface area contributed by atoms with Crippen molar-refractivity contribution in [3.63, 3.8) is 0 Å². The monoisotopic (exact) mass is 357 g/mol. The zero-order valence-corrected chi connectivity index (χ0v) is 12.7. The van der Waals surface area contributed by atoms with E-state index in [1.807, 2.05) is 12.1 Å². The van der Waals surface area contributed by atoms with Gasteiger partial charge in [-0.05, 0) is 46.3 Å². The minimum atomic E-state index is 0.0298. The number of phenolic OH excluding ortho intramolecular Hbond substituents is 1. The summed E-state index contributed by atoms with van der Waals surface area (Å²) in [5.74, 6) is 0.0298. The third-order valence-electron chi connectivity index (χ3n) is 2.32. The van der Waals surface area contributed by atoms with Crippen LogP contribution in [0.4, 0.5) is 5.69 Å². The Morgan fingerprint density at radius 3 is 2.74 bits per heavy atom. The lowest BCUT2D eigenvalue weighted by atomic mass is 10.3. The van der Waals surface area contributed by atoms with Crippen LogP contribution in [0.15, 0.2) is 50.7 Å². The Labute approximate surface area is 128 Å². The fraction of sp³-hybridized carbons (Fsp3) is 0. The van der Waals surface area contributed by atoms with Crippen molar-refractivity contribution < 1.29 is 9.90 Å². The summed E-state index contributed by atoms with van der Waals surface area (Å²) in [6.07, 6.45) is 0.538. The number of carbonyl (C=O) groups is 1. The van der Waals surface area contributed by atoms with Crippen LogP contribution in [0.1, 0.15) is 0 Å². The molecule has 0 aliphatic rings. The van der Waals surface area contributed by atoms with E-state index in [2.05, 4.69) is 21.2 Å². The quantitative estimate of drug-likeness (QED) is 0.624. The summed E-state index contributed by atoms with van der Waals surface area (Å²) in [6, 6.07) is 10.5. The molecule has 2 rings (SSSR count). The molecule has 0 aliphatic carbocycles. The van der Waals surface area contributed by atoms with Crippen LogP contribution in [0.25, 0.3) is 0 Å². The third-order valence-corrected chi connectivity index (χ3v) is 4.61. The number of hydrogen-bond acceptors (Lipinski definition) is 3. The van der Waals surface area contributed by atoms with E-state index in [1.54, 1.807) is 18.2 Å². The van der Waals surface area contributed by atoms with Gasteiger partial charge in [-0.3, -0.25) is 4.79 Å². The maximum Gasteiger partial charge on any atom is 0.211 e. The molecule has 2 aromatic carbocycles. The molecule has 3 nitrogen and oxygen atoms in total. The van der Waals surface area contributed by atoms with Crippen LogP contribution in [-0.2, 0) is 4.79 Å². The van der Waals surface area contributed by atoms with Crippen molar-refractivity contribution in [3.8, 4) is 5.75 Å². The first-order chi connectivity index (χ1) is 9.11. The summed E-state index contributed by atoms with van der Waals surface area (Å²) in [7, 11) is 0. The summed E-state index contributed by atoms with van der Waals surface area (Å²) >= 11 is 10.7. The van der Waals surface area contributed by atoms with Crippen molar-refractivity contribution in [1.82, 2.24) is 0 Å². The molecule has 1 amide bonds. The van der Waals surface area contributed by atoms with Crippen LogP contribution in [0.5, 0.6) is 5.75 Å². The molecule has 0 bridgehead atoms. The van der Waals surface area contributed by atoms with E-state index < -0.39 is 0 Å². The molecule has 0 aliphatic heterocycles. The molecule has 0 fully saturated rings. The zero-order valence-electron chi connectivity index (χ0n) is 9.56. The second-order valence-corrected chi connectivity index (χ2v) is 5.96. The molecule has 0 atom stereocenters. The Bertz CT molecular complexity index is 622. The van der Waals surface area contributed by atoms with Crippen molar-refractivity contribution in [2.75, 3.05) is 5.32 Å². The fourth-order valence-electron chi connectivity index (χ4n) is 1.49. The number of anilines is 1. The highest BCUT2D eigenvalue weighted by molar-refractivity contribution is 9.10. The van der Waals surface area contributed by atoms with E-state index in [0.29, 0.717) is 17.1 Å². The second kappa shape index (κ2) is 6.32. The first-order valence-electron chi connectivity index (χ1n) is 5.27. The van der Waals surface area contributed by atoms with Gasteiger partial charge in [0.25, 0.3) is 0 Å². The Hall–Kier alpha value is -1.17. The predicted molar refractivity (Wildman–Crippen MR) is 81.1 cm³/mol. The predicted octanol–water partition coefficient (Wildman–Crippen LogP) is 4.53. The maximum absolute atomic E-state index is 10.6. The highest BCUT2D eigenvalue weighted by Gasteiger charge is 2.10. The van der Waals surface area contributed by atoms with Gasteiger partial charge in [0.15, 0.2) is 0 Å². The van der Waals surface area contributed by atoms with Crippen molar-refractivity contribution in [2.45, 2.75) is 9.79 Å². The van der Waals surface area contributed by atoms with Gasteiger partial charge in [-0.1, -0.05) is 29.4 Å². The van der Waals surface area contributed by atoms with Crippen LogP contribution in [0.2, 0.25) is 5.02 Å². The fourth-order valence-corrected chi connectivity index (χ4v) is 3.35. The van der Waals surface area contributed by atoms with Crippen LogP contribution in [-0.4, -0.2) is 11.5 Å². The van der Waals surface area contributed by atoms with Gasteiger partial charge in [0, 0.05) is 19.3 Å². The first kappa shape index (κ1) is 14.2. The van der Waals surface area contributed by atoms with E-state index in [0.717, 1.165) is 14.3 Å². The van der Waals surface area contributed by atoms with Gasteiger partial charge >= 0.3 is 0 Å². The van der Waals surface area contributed by atoms with Gasteiger partial charge in [0.05, 0.1) is 5.69 Å². The highest BCUT2D eigenvalue weighted by atomic mass is 79.9.